The first kappa shape index (κ1) is 33.6. The van der Waals surface area contributed by atoms with Crippen molar-refractivity contribution < 1.29 is 27.4 Å². The number of aryl methyl sites for hydroxylation is 1. The molecule has 0 spiro atoms. The predicted octanol–water partition coefficient (Wildman–Crippen LogP) is 8.21. The number of ether oxygens (including phenoxy) is 2. The van der Waals surface area contributed by atoms with Crippen molar-refractivity contribution in [2.75, 3.05) is 7.11 Å². The van der Waals surface area contributed by atoms with Crippen molar-refractivity contribution in [2.45, 2.75) is 59.2 Å². The number of carbonyl (C=O) groups excluding carboxylic acids is 1. The van der Waals surface area contributed by atoms with Crippen molar-refractivity contribution in [3.05, 3.63) is 100 Å². The van der Waals surface area contributed by atoms with Crippen molar-refractivity contribution in [1.82, 2.24) is 19.3 Å². The molecule has 0 aliphatic heterocycles. The Morgan fingerprint density at radius 1 is 1.00 bits per heavy atom. The molecule has 0 radical (unpaired) electrons. The van der Waals surface area contributed by atoms with Gasteiger partial charge in [0.15, 0.2) is 10.6 Å². The second kappa shape index (κ2) is 14.4. The van der Waals surface area contributed by atoms with Crippen molar-refractivity contribution in [3.63, 3.8) is 0 Å². The molecule has 0 saturated carbocycles. The Labute approximate surface area is 275 Å². The van der Waals surface area contributed by atoms with E-state index in [0.29, 0.717) is 29.2 Å². The minimum Gasteiger partial charge on any atom is -0.497 e. The van der Waals surface area contributed by atoms with E-state index >= 15 is 0 Å². The van der Waals surface area contributed by atoms with Crippen LogP contribution in [0.25, 0.3) is 22.8 Å². The summed E-state index contributed by atoms with van der Waals surface area (Å²) in [5.74, 6) is 1.35. The van der Waals surface area contributed by atoms with E-state index in [4.69, 9.17) is 4.74 Å². The van der Waals surface area contributed by atoms with Crippen LogP contribution in [0, 0.1) is 12.8 Å². The van der Waals surface area contributed by atoms with Gasteiger partial charge in [-0.3, -0.25) is 9.36 Å². The number of amides is 1. The molecule has 3 aromatic carbocycles. The first-order valence-electron chi connectivity index (χ1n) is 15.2. The van der Waals surface area contributed by atoms with Gasteiger partial charge in [0.05, 0.1) is 18.5 Å². The molecule has 8 nitrogen and oxygen atoms in total. The van der Waals surface area contributed by atoms with Gasteiger partial charge in [0.1, 0.15) is 17.8 Å². The van der Waals surface area contributed by atoms with E-state index in [1.807, 2.05) is 59.3 Å². The van der Waals surface area contributed by atoms with Crippen molar-refractivity contribution in [1.29, 1.82) is 0 Å². The van der Waals surface area contributed by atoms with Crippen molar-refractivity contribution in [2.24, 2.45) is 10.9 Å². The summed E-state index contributed by atoms with van der Waals surface area (Å²) in [6.07, 6.45) is -1.40. The molecule has 0 saturated heterocycles. The van der Waals surface area contributed by atoms with E-state index in [9.17, 15) is 18.0 Å². The summed E-state index contributed by atoms with van der Waals surface area (Å²) in [5, 5.41) is 6.48. The van der Waals surface area contributed by atoms with Gasteiger partial charge in [-0.2, -0.15) is 4.99 Å². The van der Waals surface area contributed by atoms with Crippen LogP contribution in [-0.4, -0.2) is 38.7 Å². The van der Waals surface area contributed by atoms with E-state index in [0.717, 1.165) is 40.2 Å². The first-order chi connectivity index (χ1) is 22.4. The van der Waals surface area contributed by atoms with Crippen LogP contribution in [0.2, 0.25) is 0 Å². The fourth-order valence-corrected chi connectivity index (χ4v) is 6.12. The highest BCUT2D eigenvalue weighted by atomic mass is 32.1. The highest BCUT2D eigenvalue weighted by molar-refractivity contribution is 7.07. The van der Waals surface area contributed by atoms with Gasteiger partial charge < -0.3 is 9.47 Å². The quantitative estimate of drug-likeness (QED) is 0.142. The number of hydrogen-bond acceptors (Lipinski definition) is 6. The summed E-state index contributed by atoms with van der Waals surface area (Å²) < 4.78 is 50.2. The van der Waals surface area contributed by atoms with Crippen LogP contribution in [0.4, 0.5) is 13.2 Å². The van der Waals surface area contributed by atoms with Crippen LogP contribution in [0.1, 0.15) is 56.4 Å². The van der Waals surface area contributed by atoms with Crippen LogP contribution in [-0.2, 0) is 11.2 Å². The van der Waals surface area contributed by atoms with Crippen LogP contribution in [0.3, 0.4) is 0 Å². The van der Waals surface area contributed by atoms with Crippen molar-refractivity contribution in [3.8, 4) is 34.3 Å². The molecule has 2 aromatic heterocycles. The lowest BCUT2D eigenvalue weighted by Gasteiger charge is -2.16. The fourth-order valence-electron chi connectivity index (χ4n) is 5.24. The maximum atomic E-state index is 13.0. The average molecular weight is 664 g/mol. The molecule has 1 amide bonds. The van der Waals surface area contributed by atoms with E-state index in [2.05, 4.69) is 40.6 Å². The van der Waals surface area contributed by atoms with Gasteiger partial charge >= 0.3 is 6.36 Å². The number of hydrogen-bond donors (Lipinski definition) is 0. The van der Waals surface area contributed by atoms with Crippen molar-refractivity contribution >= 4 is 17.2 Å². The number of thiazole rings is 1. The maximum Gasteiger partial charge on any atom is 0.573 e. The Morgan fingerprint density at radius 2 is 1.70 bits per heavy atom. The van der Waals surface area contributed by atoms with Gasteiger partial charge in [0.2, 0.25) is 5.91 Å². The molecular formula is C35H36F3N5O3S. The third-order valence-corrected chi connectivity index (χ3v) is 8.61. The minimum atomic E-state index is -4.75. The number of halogens is 3. The maximum absolute atomic E-state index is 13.0. The largest absolute Gasteiger partial charge is 0.573 e. The number of carbonyl (C=O) groups is 1. The summed E-state index contributed by atoms with van der Waals surface area (Å²) in [4.78, 5) is 22.5. The molecule has 0 aliphatic carbocycles. The number of benzene rings is 3. The summed E-state index contributed by atoms with van der Waals surface area (Å²) in [6, 6.07) is 19.3. The van der Waals surface area contributed by atoms with Crippen LogP contribution in [0.15, 0.2) is 83.4 Å². The molecule has 0 bridgehead atoms. The first-order valence-corrected chi connectivity index (χ1v) is 16.1. The monoisotopic (exact) mass is 663 g/mol. The summed E-state index contributed by atoms with van der Waals surface area (Å²) >= 11 is 1.46. The third-order valence-electron chi connectivity index (χ3n) is 7.67. The van der Waals surface area contributed by atoms with Gasteiger partial charge in [0.25, 0.3) is 0 Å². The molecule has 5 aromatic rings. The van der Waals surface area contributed by atoms with E-state index in [1.54, 1.807) is 7.11 Å². The molecular weight excluding hydrogens is 627 g/mol. The molecule has 1 unspecified atom stereocenters. The number of methoxy groups -OCH3 is 1. The molecule has 246 valence electrons. The van der Waals surface area contributed by atoms with Gasteiger partial charge in [0, 0.05) is 23.1 Å². The lowest BCUT2D eigenvalue weighted by atomic mass is 9.96. The standard InChI is InChI=1S/C35H36F3N5O3S/c1-22(2)30-19-29(45-5)15-16-31(30)43-24(4)20-47-34(43)40-32(44)17-6-23(3)18-25-7-9-26(10-8-25)33-39-21-42(41-33)27-11-13-28(14-12-27)46-35(36,37)38/h7-16,19-23H,6,17-18H2,1-5H3. The number of aromatic nitrogens is 4. The molecule has 0 N–H and O–H groups in total. The predicted molar refractivity (Wildman–Crippen MR) is 175 cm³/mol. The lowest BCUT2D eigenvalue weighted by Crippen LogP contribution is -2.18. The van der Waals surface area contributed by atoms with Crippen LogP contribution < -0.4 is 14.3 Å². The molecule has 47 heavy (non-hydrogen) atoms. The van der Waals surface area contributed by atoms with E-state index in [1.165, 1.54) is 46.6 Å². The summed E-state index contributed by atoms with van der Waals surface area (Å²) in [7, 11) is 1.65. The third kappa shape index (κ3) is 8.56. The van der Waals surface area contributed by atoms with E-state index in [-0.39, 0.29) is 23.5 Å². The second-order valence-corrected chi connectivity index (χ2v) is 12.5. The zero-order valence-electron chi connectivity index (χ0n) is 26.8. The smallest absolute Gasteiger partial charge is 0.497 e. The average Bonchev–Trinajstić information content (AvgIpc) is 3.67. The zero-order chi connectivity index (χ0) is 33.7. The molecule has 0 aliphatic rings. The molecule has 12 heteroatoms. The summed E-state index contributed by atoms with van der Waals surface area (Å²) in [5.41, 5.74) is 5.62. The Bertz CT molecular complexity index is 1890. The van der Waals surface area contributed by atoms with E-state index < -0.39 is 6.36 Å². The Kier molecular flexibility index (Phi) is 10.3. The van der Waals surface area contributed by atoms with Crippen LogP contribution >= 0.6 is 11.3 Å². The Morgan fingerprint density at radius 3 is 2.36 bits per heavy atom. The van der Waals surface area contributed by atoms with Crippen LogP contribution in [0.5, 0.6) is 11.5 Å². The fraction of sp³-hybridized carbons (Fsp3) is 0.314. The van der Waals surface area contributed by atoms with Gasteiger partial charge in [-0.1, -0.05) is 45.0 Å². The highest BCUT2D eigenvalue weighted by Crippen LogP contribution is 2.28. The van der Waals surface area contributed by atoms with Gasteiger partial charge in [-0.15, -0.1) is 29.6 Å². The minimum absolute atomic E-state index is 0.147. The van der Waals surface area contributed by atoms with Gasteiger partial charge in [-0.05, 0) is 85.2 Å². The molecule has 1 atom stereocenters. The topological polar surface area (TPSA) is 83.5 Å². The number of nitrogens with zero attached hydrogens (tertiary/aromatic N) is 5. The number of rotatable bonds is 11. The Hall–Kier alpha value is -4.71. The molecule has 0 fully saturated rings. The molecule has 5 rings (SSSR count). The second-order valence-electron chi connectivity index (χ2n) is 11.7. The highest BCUT2D eigenvalue weighted by Gasteiger charge is 2.31. The van der Waals surface area contributed by atoms with Gasteiger partial charge in [-0.25, -0.2) is 9.67 Å². The SMILES string of the molecule is COc1ccc(-n2c(C)csc2=NC(=O)CCC(C)Cc2ccc(-c3ncn(-c4ccc(OC(F)(F)F)cc4)n3)cc2)c(C(C)C)c1. The number of alkyl halides is 3. The molecule has 2 heterocycles. The Balaban J connectivity index is 1.19. The normalized spacial score (nSPS) is 12.8. The zero-order valence-corrected chi connectivity index (χ0v) is 27.6. The summed E-state index contributed by atoms with van der Waals surface area (Å²) in [6.45, 7) is 8.40. The lowest BCUT2D eigenvalue weighted by molar-refractivity contribution is -0.274.